The van der Waals surface area contributed by atoms with Crippen LogP contribution in [0.25, 0.3) is 0 Å². The lowest BCUT2D eigenvalue weighted by Crippen LogP contribution is -2.46. The number of rotatable bonds is 3. The quantitative estimate of drug-likeness (QED) is 0.634. The lowest BCUT2D eigenvalue weighted by molar-refractivity contribution is -0.117. The molecule has 0 spiro atoms. The molecule has 2 bridgehead atoms. The Hall–Kier alpha value is -0.410. The van der Waals surface area contributed by atoms with E-state index < -0.39 is 0 Å². The molecular weight excluding hydrogens is 178 g/mol. The van der Waals surface area contributed by atoms with Crippen molar-refractivity contribution in [3.63, 3.8) is 0 Å². The number of nitrogens with zero attached hydrogens (tertiary/aromatic N) is 1. The Balaban J connectivity index is 1.90. The molecule has 2 saturated heterocycles. The fourth-order valence-corrected chi connectivity index (χ4v) is 2.44. The van der Waals surface area contributed by atoms with Gasteiger partial charge in [-0.1, -0.05) is 13.8 Å². The van der Waals surface area contributed by atoms with Crippen molar-refractivity contribution in [2.24, 2.45) is 5.41 Å². The normalized spacial score (nSPS) is 33.3. The highest BCUT2D eigenvalue weighted by Gasteiger charge is 2.35. The molecule has 3 nitrogen and oxygen atoms in total. The number of hydrogen-bond acceptors (Lipinski definition) is 3. The molecule has 0 saturated carbocycles. The Morgan fingerprint density at radius 2 is 1.93 bits per heavy atom. The first kappa shape index (κ1) is 10.1. The largest absolute Gasteiger partial charge is 0.372 e. The summed E-state index contributed by atoms with van der Waals surface area (Å²) in [6.07, 6.45) is 4.31. The van der Waals surface area contributed by atoms with Gasteiger partial charge in [0, 0.05) is 25.0 Å². The van der Waals surface area contributed by atoms with Crippen LogP contribution in [-0.2, 0) is 9.53 Å². The van der Waals surface area contributed by atoms with Crippen LogP contribution in [0.2, 0.25) is 0 Å². The maximum absolute atomic E-state index is 10.8. The molecule has 80 valence electrons. The monoisotopic (exact) mass is 197 g/mol. The third-order valence-corrected chi connectivity index (χ3v) is 3.07. The van der Waals surface area contributed by atoms with Gasteiger partial charge in [0.25, 0.3) is 0 Å². The summed E-state index contributed by atoms with van der Waals surface area (Å²) in [5, 5.41) is 0. The van der Waals surface area contributed by atoms with Gasteiger partial charge in [0.05, 0.1) is 12.2 Å². The van der Waals surface area contributed by atoms with E-state index in [-0.39, 0.29) is 5.41 Å². The molecule has 0 aromatic carbocycles. The Labute approximate surface area is 85.4 Å². The maximum Gasteiger partial charge on any atom is 0.126 e. The van der Waals surface area contributed by atoms with Crippen molar-refractivity contribution in [2.45, 2.75) is 38.9 Å². The van der Waals surface area contributed by atoms with E-state index in [0.717, 1.165) is 25.9 Å². The van der Waals surface area contributed by atoms with Gasteiger partial charge in [0.1, 0.15) is 6.29 Å². The summed E-state index contributed by atoms with van der Waals surface area (Å²) < 4.78 is 5.75. The lowest BCUT2D eigenvalue weighted by Gasteiger charge is -2.35. The Kier molecular flexibility index (Phi) is 2.62. The van der Waals surface area contributed by atoms with Crippen LogP contribution in [0.5, 0.6) is 0 Å². The van der Waals surface area contributed by atoms with Crippen molar-refractivity contribution in [1.82, 2.24) is 4.90 Å². The smallest absolute Gasteiger partial charge is 0.126 e. The first-order chi connectivity index (χ1) is 6.59. The SMILES string of the molecule is CC(C)(C=O)CN1CC2CCC(C1)O2. The molecule has 0 aromatic rings. The van der Waals surface area contributed by atoms with Gasteiger partial charge in [-0.2, -0.15) is 0 Å². The van der Waals surface area contributed by atoms with Crippen LogP contribution in [0.1, 0.15) is 26.7 Å². The molecule has 2 heterocycles. The number of fused-ring (bicyclic) bond motifs is 2. The second-order valence-corrected chi connectivity index (χ2v) is 5.26. The zero-order valence-corrected chi connectivity index (χ0v) is 9.03. The standard InChI is InChI=1S/C11H19NO2/c1-11(2,8-13)7-12-5-9-3-4-10(6-12)14-9/h8-10H,3-7H2,1-2H3. The van der Waals surface area contributed by atoms with E-state index in [1.165, 1.54) is 12.8 Å². The highest BCUT2D eigenvalue weighted by atomic mass is 16.5. The van der Waals surface area contributed by atoms with Gasteiger partial charge in [-0.3, -0.25) is 4.90 Å². The van der Waals surface area contributed by atoms with E-state index >= 15 is 0 Å². The van der Waals surface area contributed by atoms with Crippen LogP contribution in [0.4, 0.5) is 0 Å². The molecule has 2 aliphatic heterocycles. The summed E-state index contributed by atoms with van der Waals surface area (Å²) in [6.45, 7) is 6.88. The van der Waals surface area contributed by atoms with Crippen molar-refractivity contribution in [3.05, 3.63) is 0 Å². The van der Waals surface area contributed by atoms with Crippen LogP contribution in [0, 0.1) is 5.41 Å². The number of morpholine rings is 1. The van der Waals surface area contributed by atoms with E-state index in [4.69, 9.17) is 4.74 Å². The second kappa shape index (κ2) is 3.63. The van der Waals surface area contributed by atoms with Crippen molar-refractivity contribution in [2.75, 3.05) is 19.6 Å². The minimum absolute atomic E-state index is 0.212. The van der Waals surface area contributed by atoms with E-state index in [1.54, 1.807) is 0 Å². The van der Waals surface area contributed by atoms with Crippen LogP contribution in [0.3, 0.4) is 0 Å². The molecule has 0 radical (unpaired) electrons. The van der Waals surface area contributed by atoms with E-state index in [0.29, 0.717) is 12.2 Å². The second-order valence-electron chi connectivity index (χ2n) is 5.26. The Morgan fingerprint density at radius 3 is 2.43 bits per heavy atom. The van der Waals surface area contributed by atoms with Gasteiger partial charge in [0.2, 0.25) is 0 Å². The average Bonchev–Trinajstić information content (AvgIpc) is 2.45. The fraction of sp³-hybridized carbons (Fsp3) is 0.909. The van der Waals surface area contributed by atoms with Gasteiger partial charge in [0.15, 0.2) is 0 Å². The molecule has 2 atom stereocenters. The minimum Gasteiger partial charge on any atom is -0.372 e. The third-order valence-electron chi connectivity index (χ3n) is 3.07. The Morgan fingerprint density at radius 1 is 1.36 bits per heavy atom. The van der Waals surface area contributed by atoms with E-state index in [9.17, 15) is 4.79 Å². The van der Waals surface area contributed by atoms with Crippen molar-refractivity contribution in [3.8, 4) is 0 Å². The summed E-state index contributed by atoms with van der Waals surface area (Å²) in [5.74, 6) is 0. The number of aldehydes is 1. The summed E-state index contributed by atoms with van der Waals surface area (Å²) in [7, 11) is 0. The van der Waals surface area contributed by atoms with Crippen molar-refractivity contribution < 1.29 is 9.53 Å². The topological polar surface area (TPSA) is 29.5 Å². The van der Waals surface area contributed by atoms with Crippen LogP contribution < -0.4 is 0 Å². The molecule has 3 heteroatoms. The molecule has 0 N–H and O–H groups in total. The van der Waals surface area contributed by atoms with Gasteiger partial charge < -0.3 is 9.53 Å². The van der Waals surface area contributed by atoms with E-state index in [1.807, 2.05) is 13.8 Å². The third kappa shape index (κ3) is 2.15. The van der Waals surface area contributed by atoms with Crippen molar-refractivity contribution >= 4 is 6.29 Å². The molecular formula is C11H19NO2. The van der Waals surface area contributed by atoms with Gasteiger partial charge in [-0.15, -0.1) is 0 Å². The molecule has 0 aromatic heterocycles. The molecule has 0 aliphatic carbocycles. The number of likely N-dealkylation sites (tertiary alicyclic amines) is 1. The molecule has 2 rings (SSSR count). The van der Waals surface area contributed by atoms with Crippen LogP contribution >= 0.6 is 0 Å². The summed E-state index contributed by atoms with van der Waals surface area (Å²) in [5.41, 5.74) is -0.212. The first-order valence-corrected chi connectivity index (χ1v) is 5.43. The van der Waals surface area contributed by atoms with Gasteiger partial charge in [-0.25, -0.2) is 0 Å². The van der Waals surface area contributed by atoms with Gasteiger partial charge in [-0.05, 0) is 12.8 Å². The molecule has 2 unspecified atom stereocenters. The summed E-state index contributed by atoms with van der Waals surface area (Å²) in [6, 6.07) is 0. The summed E-state index contributed by atoms with van der Waals surface area (Å²) in [4.78, 5) is 13.2. The first-order valence-electron chi connectivity index (χ1n) is 5.43. The Bertz CT molecular complexity index is 215. The molecule has 2 aliphatic rings. The number of hydrogen-bond donors (Lipinski definition) is 0. The summed E-state index contributed by atoms with van der Waals surface area (Å²) >= 11 is 0. The molecule has 0 amide bonds. The number of carbonyl (C=O) groups is 1. The highest BCUT2D eigenvalue weighted by molar-refractivity contribution is 5.58. The zero-order chi connectivity index (χ0) is 10.2. The van der Waals surface area contributed by atoms with Gasteiger partial charge >= 0.3 is 0 Å². The lowest BCUT2D eigenvalue weighted by atomic mass is 9.95. The fourth-order valence-electron chi connectivity index (χ4n) is 2.44. The number of ether oxygens (including phenoxy) is 1. The maximum atomic E-state index is 10.8. The van der Waals surface area contributed by atoms with Crippen LogP contribution in [0.15, 0.2) is 0 Å². The predicted molar refractivity (Wildman–Crippen MR) is 54.2 cm³/mol. The van der Waals surface area contributed by atoms with E-state index in [2.05, 4.69) is 4.90 Å². The molecule has 2 fully saturated rings. The number of carbonyl (C=O) groups excluding carboxylic acids is 1. The highest BCUT2D eigenvalue weighted by Crippen LogP contribution is 2.27. The van der Waals surface area contributed by atoms with Crippen LogP contribution in [-0.4, -0.2) is 43.0 Å². The average molecular weight is 197 g/mol. The minimum atomic E-state index is -0.212. The van der Waals surface area contributed by atoms with Crippen molar-refractivity contribution in [1.29, 1.82) is 0 Å². The predicted octanol–water partition coefficient (Wildman–Crippen LogP) is 1.07. The molecule has 14 heavy (non-hydrogen) atoms. The zero-order valence-electron chi connectivity index (χ0n) is 9.03.